The van der Waals surface area contributed by atoms with Crippen LogP contribution in [0.15, 0.2) is 36.5 Å². The number of halogens is 1. The van der Waals surface area contributed by atoms with Crippen LogP contribution < -0.4 is 0 Å². The zero-order valence-electron chi connectivity index (χ0n) is 14.2. The number of hydrogen-bond donors (Lipinski definition) is 0. The van der Waals surface area contributed by atoms with Crippen LogP contribution >= 0.6 is 11.6 Å². The quantitative estimate of drug-likeness (QED) is 0.522. The number of hydrogen-bond acceptors (Lipinski definition) is 3. The molecule has 0 aliphatic rings. The molecular formula is C19H23ClN2O2. The van der Waals surface area contributed by atoms with Crippen LogP contribution in [0.1, 0.15) is 43.8 Å². The van der Waals surface area contributed by atoms with Crippen molar-refractivity contribution < 1.29 is 9.53 Å². The van der Waals surface area contributed by atoms with Crippen LogP contribution in [-0.4, -0.2) is 22.1 Å². The molecule has 2 rings (SSSR count). The lowest BCUT2D eigenvalue weighted by Crippen LogP contribution is -2.08. The molecule has 2 aromatic rings. The number of nitrogens with zero attached hydrogens (tertiary/aromatic N) is 2. The molecule has 0 atom stereocenters. The van der Waals surface area contributed by atoms with Crippen molar-refractivity contribution in [1.29, 1.82) is 0 Å². The van der Waals surface area contributed by atoms with Gasteiger partial charge in [-0.1, -0.05) is 43.1 Å². The van der Waals surface area contributed by atoms with E-state index in [0.717, 1.165) is 41.4 Å². The fourth-order valence-corrected chi connectivity index (χ4v) is 2.62. The number of aryl methyl sites for hydroxylation is 1. The van der Waals surface area contributed by atoms with E-state index in [1.807, 2.05) is 24.3 Å². The Hall–Kier alpha value is -2.07. The SMILES string of the molecule is CCCCc1ncc(/C=C\C(=O)OCC)n1Cc1ccccc1Cl. The van der Waals surface area contributed by atoms with Gasteiger partial charge in [-0.05, 0) is 31.1 Å². The summed E-state index contributed by atoms with van der Waals surface area (Å²) in [6.07, 6.45) is 8.05. The number of ether oxygens (including phenoxy) is 1. The first-order valence-electron chi connectivity index (χ1n) is 8.28. The van der Waals surface area contributed by atoms with E-state index in [1.54, 1.807) is 19.2 Å². The third-order valence-corrected chi connectivity index (χ3v) is 4.05. The molecule has 4 nitrogen and oxygen atoms in total. The summed E-state index contributed by atoms with van der Waals surface area (Å²) in [6.45, 7) is 4.93. The van der Waals surface area contributed by atoms with Crippen LogP contribution in [-0.2, 0) is 22.5 Å². The molecule has 0 N–H and O–H groups in total. The normalized spacial score (nSPS) is 11.1. The Bertz CT molecular complexity index is 707. The van der Waals surface area contributed by atoms with Gasteiger partial charge in [0.25, 0.3) is 0 Å². The Labute approximate surface area is 148 Å². The van der Waals surface area contributed by atoms with E-state index in [9.17, 15) is 4.79 Å². The Morgan fingerprint density at radius 2 is 2.12 bits per heavy atom. The van der Waals surface area contributed by atoms with Gasteiger partial charge in [0, 0.05) is 17.5 Å². The van der Waals surface area contributed by atoms with Crippen molar-refractivity contribution in [3.05, 3.63) is 58.6 Å². The maximum Gasteiger partial charge on any atom is 0.330 e. The summed E-state index contributed by atoms with van der Waals surface area (Å²) in [5.41, 5.74) is 1.90. The topological polar surface area (TPSA) is 44.1 Å². The van der Waals surface area contributed by atoms with Gasteiger partial charge in [0.2, 0.25) is 0 Å². The van der Waals surface area contributed by atoms with Crippen LogP contribution in [0.25, 0.3) is 6.08 Å². The van der Waals surface area contributed by atoms with Gasteiger partial charge in [0.05, 0.1) is 25.0 Å². The van der Waals surface area contributed by atoms with Crippen molar-refractivity contribution in [1.82, 2.24) is 9.55 Å². The molecule has 0 aliphatic heterocycles. The summed E-state index contributed by atoms with van der Waals surface area (Å²) in [7, 11) is 0. The third kappa shape index (κ3) is 4.96. The van der Waals surface area contributed by atoms with Gasteiger partial charge in [-0.25, -0.2) is 9.78 Å². The fourth-order valence-electron chi connectivity index (χ4n) is 2.42. The van der Waals surface area contributed by atoms with Crippen LogP contribution in [0.2, 0.25) is 5.02 Å². The molecule has 0 spiro atoms. The Kier molecular flexibility index (Phi) is 7.07. The molecule has 128 valence electrons. The standard InChI is InChI=1S/C19H23ClN2O2/c1-3-5-10-18-21-13-16(11-12-19(23)24-4-2)22(18)14-15-8-6-7-9-17(15)20/h6-9,11-13H,3-5,10,14H2,1-2H3/b12-11-. The number of unbranched alkanes of at least 4 members (excludes halogenated alkanes) is 1. The molecule has 0 radical (unpaired) electrons. The molecule has 24 heavy (non-hydrogen) atoms. The second kappa shape index (κ2) is 9.28. The molecule has 0 aliphatic carbocycles. The predicted octanol–water partition coefficient (Wildman–Crippen LogP) is 4.50. The summed E-state index contributed by atoms with van der Waals surface area (Å²) in [5.74, 6) is 0.651. The smallest absolute Gasteiger partial charge is 0.330 e. The molecule has 0 bridgehead atoms. The molecule has 0 saturated heterocycles. The minimum Gasteiger partial charge on any atom is -0.463 e. The molecule has 0 saturated carbocycles. The van der Waals surface area contributed by atoms with Crippen LogP contribution in [0.3, 0.4) is 0 Å². The maximum absolute atomic E-state index is 11.6. The second-order valence-corrected chi connectivity index (χ2v) is 5.87. The lowest BCUT2D eigenvalue weighted by Gasteiger charge is -2.11. The van der Waals surface area contributed by atoms with E-state index in [-0.39, 0.29) is 5.97 Å². The first-order chi connectivity index (χ1) is 11.7. The summed E-state index contributed by atoms with van der Waals surface area (Å²) in [6, 6.07) is 7.77. The van der Waals surface area contributed by atoms with E-state index in [4.69, 9.17) is 16.3 Å². The van der Waals surface area contributed by atoms with Crippen molar-refractivity contribution in [3.8, 4) is 0 Å². The molecule has 1 heterocycles. The van der Waals surface area contributed by atoms with Gasteiger partial charge in [-0.15, -0.1) is 0 Å². The minimum atomic E-state index is -0.349. The van der Waals surface area contributed by atoms with Crippen molar-refractivity contribution in [2.75, 3.05) is 6.61 Å². The molecule has 5 heteroatoms. The monoisotopic (exact) mass is 346 g/mol. The van der Waals surface area contributed by atoms with Crippen LogP contribution in [0.4, 0.5) is 0 Å². The minimum absolute atomic E-state index is 0.349. The van der Waals surface area contributed by atoms with E-state index in [1.165, 1.54) is 6.08 Å². The van der Waals surface area contributed by atoms with Crippen molar-refractivity contribution in [2.45, 2.75) is 39.7 Å². The first kappa shape index (κ1) is 18.3. The summed E-state index contributed by atoms with van der Waals surface area (Å²) < 4.78 is 7.04. The second-order valence-electron chi connectivity index (χ2n) is 5.47. The van der Waals surface area contributed by atoms with E-state index in [2.05, 4.69) is 16.5 Å². The van der Waals surface area contributed by atoms with Crippen LogP contribution in [0.5, 0.6) is 0 Å². The highest BCUT2D eigenvalue weighted by molar-refractivity contribution is 6.31. The van der Waals surface area contributed by atoms with Gasteiger partial charge in [0.15, 0.2) is 0 Å². The number of carbonyl (C=O) groups is 1. The Morgan fingerprint density at radius 1 is 1.33 bits per heavy atom. The Morgan fingerprint density at radius 3 is 2.83 bits per heavy atom. The van der Waals surface area contributed by atoms with E-state index < -0.39 is 0 Å². The van der Waals surface area contributed by atoms with E-state index >= 15 is 0 Å². The van der Waals surface area contributed by atoms with Crippen LogP contribution in [0, 0.1) is 0 Å². The van der Waals surface area contributed by atoms with Gasteiger partial charge < -0.3 is 9.30 Å². The number of rotatable bonds is 8. The third-order valence-electron chi connectivity index (χ3n) is 3.69. The van der Waals surface area contributed by atoms with Gasteiger partial charge in [-0.3, -0.25) is 0 Å². The van der Waals surface area contributed by atoms with Crippen molar-refractivity contribution in [2.24, 2.45) is 0 Å². The number of aromatic nitrogens is 2. The highest BCUT2D eigenvalue weighted by Gasteiger charge is 2.10. The first-order valence-corrected chi connectivity index (χ1v) is 8.66. The zero-order valence-corrected chi connectivity index (χ0v) is 14.9. The molecular weight excluding hydrogens is 324 g/mol. The summed E-state index contributed by atoms with van der Waals surface area (Å²) >= 11 is 6.29. The summed E-state index contributed by atoms with van der Waals surface area (Å²) in [5, 5.41) is 0.730. The van der Waals surface area contributed by atoms with Gasteiger partial charge in [-0.2, -0.15) is 0 Å². The number of imidazole rings is 1. The highest BCUT2D eigenvalue weighted by atomic mass is 35.5. The van der Waals surface area contributed by atoms with Crippen molar-refractivity contribution >= 4 is 23.6 Å². The lowest BCUT2D eigenvalue weighted by atomic mass is 10.2. The average molecular weight is 347 g/mol. The molecule has 1 aromatic carbocycles. The fraction of sp³-hybridized carbons (Fsp3) is 0.368. The van der Waals surface area contributed by atoms with Gasteiger partial charge in [0.1, 0.15) is 5.82 Å². The number of carbonyl (C=O) groups excluding carboxylic acids is 1. The molecule has 1 aromatic heterocycles. The number of benzene rings is 1. The van der Waals surface area contributed by atoms with Gasteiger partial charge >= 0.3 is 5.97 Å². The zero-order chi connectivity index (χ0) is 17.4. The predicted molar refractivity (Wildman–Crippen MR) is 97.1 cm³/mol. The highest BCUT2D eigenvalue weighted by Crippen LogP contribution is 2.19. The Balaban J connectivity index is 2.29. The summed E-state index contributed by atoms with van der Waals surface area (Å²) in [4.78, 5) is 16.1. The molecule has 0 amide bonds. The number of esters is 1. The average Bonchev–Trinajstić information content (AvgIpc) is 2.95. The van der Waals surface area contributed by atoms with E-state index in [0.29, 0.717) is 13.2 Å². The molecule has 0 unspecified atom stereocenters. The maximum atomic E-state index is 11.6. The largest absolute Gasteiger partial charge is 0.463 e. The van der Waals surface area contributed by atoms with Crippen molar-refractivity contribution in [3.63, 3.8) is 0 Å². The lowest BCUT2D eigenvalue weighted by molar-refractivity contribution is -0.137. The molecule has 0 fully saturated rings.